The number of allylic oxidation sites excluding steroid dienone is 2. The summed E-state index contributed by atoms with van der Waals surface area (Å²) in [6.07, 6.45) is 3.58. The molecule has 0 fully saturated rings. The highest BCUT2D eigenvalue weighted by atomic mass is 35.5. The smallest absolute Gasteiger partial charge is 0.0856 e. The van der Waals surface area contributed by atoms with Gasteiger partial charge in [-0.15, -0.1) is 0 Å². The molecule has 1 aromatic carbocycles. The molecule has 0 aliphatic heterocycles. The van der Waals surface area contributed by atoms with Gasteiger partial charge in [-0.25, -0.2) is 0 Å². The van der Waals surface area contributed by atoms with E-state index in [9.17, 15) is 0 Å². The van der Waals surface area contributed by atoms with Crippen molar-refractivity contribution in [3.8, 4) is 0 Å². The average Bonchev–Trinajstić information content (AvgIpc) is 2.27. The van der Waals surface area contributed by atoms with Crippen molar-refractivity contribution in [2.75, 3.05) is 0 Å². The van der Waals surface area contributed by atoms with Crippen LogP contribution >= 0.6 is 23.6 Å². The average molecular weight is 225 g/mol. The first-order valence-electron chi connectivity index (χ1n) is 4.02. The fourth-order valence-corrected chi connectivity index (χ4v) is 1.71. The molecule has 0 atom stereocenters. The molecule has 0 saturated heterocycles. The Hall–Kier alpha value is -1.12. The molecule has 1 aliphatic rings. The molecular weight excluding hydrogens is 219 g/mol. The van der Waals surface area contributed by atoms with Gasteiger partial charge in [0, 0.05) is 34.7 Å². The molecule has 1 aromatic rings. The van der Waals surface area contributed by atoms with E-state index in [0.29, 0.717) is 0 Å². The van der Waals surface area contributed by atoms with Crippen molar-refractivity contribution in [3.63, 3.8) is 0 Å². The van der Waals surface area contributed by atoms with Crippen molar-refractivity contribution >= 4 is 35.0 Å². The quantitative estimate of drug-likeness (QED) is 0.647. The predicted octanol–water partition coefficient (Wildman–Crippen LogP) is 3.14. The van der Waals surface area contributed by atoms with E-state index in [0.717, 1.165) is 22.6 Å². The normalized spacial score (nSPS) is 20.1. The first kappa shape index (κ1) is 9.44. The van der Waals surface area contributed by atoms with Crippen LogP contribution in [0, 0.1) is 0 Å². The number of halogens is 2. The Labute approximate surface area is 91.8 Å². The summed E-state index contributed by atoms with van der Waals surface area (Å²) >= 11 is 10.9. The monoisotopic (exact) mass is 224 g/mol. The van der Waals surface area contributed by atoms with Crippen LogP contribution < -0.4 is 0 Å². The van der Waals surface area contributed by atoms with E-state index in [-0.39, 0.29) is 0 Å². The second-order valence-corrected chi connectivity index (χ2v) is 3.16. The van der Waals surface area contributed by atoms with Gasteiger partial charge in [-0.3, -0.25) is 0 Å². The Morgan fingerprint density at radius 3 is 1.57 bits per heavy atom. The summed E-state index contributed by atoms with van der Waals surface area (Å²) in [5, 5.41) is 0. The Balaban J connectivity index is 2.67. The summed E-state index contributed by atoms with van der Waals surface area (Å²) in [6.45, 7) is 0. The van der Waals surface area contributed by atoms with Gasteiger partial charge in [0.1, 0.15) is 0 Å². The van der Waals surface area contributed by atoms with Crippen LogP contribution in [0.4, 0.5) is 0 Å². The van der Waals surface area contributed by atoms with Crippen LogP contribution in [-0.4, -0.2) is 11.4 Å². The highest BCUT2D eigenvalue weighted by Crippen LogP contribution is 2.18. The Morgan fingerprint density at radius 2 is 1.21 bits per heavy atom. The number of fused-ring (bicyclic) bond motifs is 1. The van der Waals surface area contributed by atoms with Gasteiger partial charge in [-0.1, -0.05) is 24.3 Å². The van der Waals surface area contributed by atoms with Crippen molar-refractivity contribution < 1.29 is 0 Å². The van der Waals surface area contributed by atoms with Crippen LogP contribution in [0.2, 0.25) is 0 Å². The van der Waals surface area contributed by atoms with E-state index in [1.807, 2.05) is 24.3 Å². The first-order valence-corrected chi connectivity index (χ1v) is 4.70. The number of benzene rings is 1. The van der Waals surface area contributed by atoms with E-state index in [1.54, 1.807) is 12.2 Å². The van der Waals surface area contributed by atoms with Crippen molar-refractivity contribution in [2.24, 2.45) is 9.02 Å². The van der Waals surface area contributed by atoms with Gasteiger partial charge in [0.05, 0.1) is 11.4 Å². The molecular formula is C10H6Cl2N2. The van der Waals surface area contributed by atoms with Crippen LogP contribution in [0.1, 0.15) is 11.1 Å². The molecule has 4 heteroatoms. The predicted molar refractivity (Wildman–Crippen MR) is 60.4 cm³/mol. The topological polar surface area (TPSA) is 24.7 Å². The van der Waals surface area contributed by atoms with Crippen LogP contribution in [-0.2, 0) is 0 Å². The third-order valence-electron chi connectivity index (χ3n) is 2.06. The lowest BCUT2D eigenvalue weighted by Crippen LogP contribution is -2.11. The SMILES string of the molecule is Cl/N=C1C=C/C(=N\Cl)c2ccccc2/1. The maximum Gasteiger partial charge on any atom is 0.0856 e. The van der Waals surface area contributed by atoms with Gasteiger partial charge >= 0.3 is 0 Å². The summed E-state index contributed by atoms with van der Waals surface area (Å²) in [5.41, 5.74) is 3.35. The minimum absolute atomic E-state index is 0.728. The van der Waals surface area contributed by atoms with Crippen molar-refractivity contribution in [2.45, 2.75) is 0 Å². The number of rotatable bonds is 0. The number of hydrogen-bond donors (Lipinski definition) is 0. The van der Waals surface area contributed by atoms with E-state index in [4.69, 9.17) is 23.6 Å². The van der Waals surface area contributed by atoms with Crippen molar-refractivity contribution in [1.29, 1.82) is 0 Å². The maximum absolute atomic E-state index is 5.46. The minimum Gasteiger partial charge on any atom is -0.177 e. The zero-order valence-electron chi connectivity index (χ0n) is 7.11. The fraction of sp³-hybridized carbons (Fsp3) is 0. The molecule has 0 radical (unpaired) electrons. The zero-order chi connectivity index (χ0) is 9.97. The fourth-order valence-electron chi connectivity index (χ4n) is 1.41. The van der Waals surface area contributed by atoms with Gasteiger partial charge in [-0.05, 0) is 12.2 Å². The second kappa shape index (κ2) is 3.95. The lowest BCUT2D eigenvalue weighted by atomic mass is 9.94. The number of nitrogens with zero attached hydrogens (tertiary/aromatic N) is 2. The van der Waals surface area contributed by atoms with E-state index >= 15 is 0 Å². The molecule has 0 amide bonds. The third-order valence-corrected chi connectivity index (χ3v) is 2.42. The first-order chi connectivity index (χ1) is 6.86. The lowest BCUT2D eigenvalue weighted by Gasteiger charge is -2.12. The van der Waals surface area contributed by atoms with Gasteiger partial charge in [-0.2, -0.15) is 9.02 Å². The van der Waals surface area contributed by atoms with Gasteiger partial charge in [0.2, 0.25) is 0 Å². The van der Waals surface area contributed by atoms with Gasteiger partial charge in [0.25, 0.3) is 0 Å². The molecule has 0 heterocycles. The third kappa shape index (κ3) is 1.47. The van der Waals surface area contributed by atoms with E-state index < -0.39 is 0 Å². The summed E-state index contributed by atoms with van der Waals surface area (Å²) in [4.78, 5) is 0. The van der Waals surface area contributed by atoms with Crippen molar-refractivity contribution in [3.05, 3.63) is 47.5 Å². The Bertz CT molecular complexity index is 406. The molecule has 2 rings (SSSR count). The molecule has 2 nitrogen and oxygen atoms in total. The largest absolute Gasteiger partial charge is 0.177 e. The van der Waals surface area contributed by atoms with Crippen molar-refractivity contribution in [1.82, 2.24) is 0 Å². The molecule has 0 N–H and O–H groups in total. The zero-order valence-corrected chi connectivity index (χ0v) is 8.63. The summed E-state index contributed by atoms with van der Waals surface area (Å²) < 4.78 is 7.32. The second-order valence-electron chi connectivity index (χ2n) is 2.82. The molecule has 0 aromatic heterocycles. The van der Waals surface area contributed by atoms with Gasteiger partial charge in [0.15, 0.2) is 0 Å². The van der Waals surface area contributed by atoms with Crippen LogP contribution in [0.5, 0.6) is 0 Å². The molecule has 1 aliphatic carbocycles. The van der Waals surface area contributed by atoms with E-state index in [2.05, 4.69) is 9.02 Å². The summed E-state index contributed by atoms with van der Waals surface area (Å²) in [5.74, 6) is 0. The molecule has 70 valence electrons. The molecule has 0 unspecified atom stereocenters. The number of hydrogen-bond acceptors (Lipinski definition) is 2. The highest BCUT2D eigenvalue weighted by Gasteiger charge is 2.14. The highest BCUT2D eigenvalue weighted by molar-refractivity contribution is 6.34. The summed E-state index contributed by atoms with van der Waals surface area (Å²) in [7, 11) is 0. The summed E-state index contributed by atoms with van der Waals surface area (Å²) in [6, 6.07) is 7.71. The standard InChI is InChI=1S/C10H6Cl2N2/c11-13-9-5-6-10(14-12)8-4-2-1-3-7(8)9/h1-6H/b13-9-,14-10+. The minimum atomic E-state index is 0.728. The van der Waals surface area contributed by atoms with Crippen LogP contribution in [0.3, 0.4) is 0 Å². The maximum atomic E-state index is 5.46. The van der Waals surface area contributed by atoms with Crippen LogP contribution in [0.15, 0.2) is 45.4 Å². The lowest BCUT2D eigenvalue weighted by molar-refractivity contribution is 1.56. The molecule has 14 heavy (non-hydrogen) atoms. The molecule has 0 saturated carbocycles. The Morgan fingerprint density at radius 1 is 0.786 bits per heavy atom. The van der Waals surface area contributed by atoms with E-state index in [1.165, 1.54) is 0 Å². The van der Waals surface area contributed by atoms with Gasteiger partial charge < -0.3 is 0 Å². The molecule has 0 spiro atoms. The Kier molecular flexibility index (Phi) is 2.66. The van der Waals surface area contributed by atoms with Crippen LogP contribution in [0.25, 0.3) is 0 Å². The molecule has 0 bridgehead atoms.